The molecule has 1 aromatic rings. The van der Waals surface area contributed by atoms with Crippen molar-refractivity contribution in [2.24, 2.45) is 5.92 Å². The molecule has 0 N–H and O–H groups in total. The molecule has 1 atom stereocenters. The highest BCUT2D eigenvalue weighted by molar-refractivity contribution is 5.76. The lowest BCUT2D eigenvalue weighted by Crippen LogP contribution is -2.43. The highest BCUT2D eigenvalue weighted by atomic mass is 16.5. The Balaban J connectivity index is 1.90. The van der Waals surface area contributed by atoms with Gasteiger partial charge in [-0.1, -0.05) is 13.8 Å². The quantitative estimate of drug-likeness (QED) is 0.767. The zero-order valence-electron chi connectivity index (χ0n) is 15.2. The summed E-state index contributed by atoms with van der Waals surface area (Å²) in [6, 6.07) is 5.75. The molecule has 0 saturated carbocycles. The molecule has 1 heterocycles. The Bertz CT molecular complexity index is 522. The van der Waals surface area contributed by atoms with Crippen LogP contribution in [0.5, 0.6) is 11.5 Å². The van der Waals surface area contributed by atoms with Crippen molar-refractivity contribution in [2.75, 3.05) is 27.3 Å². The fourth-order valence-corrected chi connectivity index (χ4v) is 2.94. The minimum absolute atomic E-state index is 0.0899. The van der Waals surface area contributed by atoms with E-state index in [9.17, 15) is 4.79 Å². The summed E-state index contributed by atoms with van der Waals surface area (Å²) in [6.07, 6.45) is 2.69. The maximum atomic E-state index is 12.2. The van der Waals surface area contributed by atoms with Gasteiger partial charge in [-0.3, -0.25) is 4.79 Å². The van der Waals surface area contributed by atoms with Crippen molar-refractivity contribution in [1.82, 2.24) is 4.90 Å². The van der Waals surface area contributed by atoms with Crippen molar-refractivity contribution >= 4 is 5.91 Å². The van der Waals surface area contributed by atoms with Crippen LogP contribution in [0.2, 0.25) is 0 Å². The van der Waals surface area contributed by atoms with E-state index in [1.165, 1.54) is 0 Å². The number of amides is 1. The Morgan fingerprint density at radius 3 is 2.46 bits per heavy atom. The van der Waals surface area contributed by atoms with Crippen LogP contribution in [0.15, 0.2) is 18.2 Å². The van der Waals surface area contributed by atoms with Gasteiger partial charge in [0.2, 0.25) is 5.91 Å². The average molecular weight is 335 g/mol. The summed E-state index contributed by atoms with van der Waals surface area (Å²) in [4.78, 5) is 14.2. The summed E-state index contributed by atoms with van der Waals surface area (Å²) in [6.45, 7) is 6.17. The fraction of sp³-hybridized carbons (Fsp3) is 0.632. The second-order valence-corrected chi connectivity index (χ2v) is 6.73. The maximum absolute atomic E-state index is 12.2. The summed E-state index contributed by atoms with van der Waals surface area (Å²) in [5.74, 6) is 2.14. The van der Waals surface area contributed by atoms with Crippen LogP contribution in [0.4, 0.5) is 0 Å². The van der Waals surface area contributed by atoms with Crippen molar-refractivity contribution in [3.05, 3.63) is 23.8 Å². The van der Waals surface area contributed by atoms with Crippen molar-refractivity contribution in [3.8, 4) is 11.5 Å². The second-order valence-electron chi connectivity index (χ2n) is 6.73. The first-order valence-corrected chi connectivity index (χ1v) is 8.63. The first kappa shape index (κ1) is 18.6. The number of nitrogens with zero attached hydrogens (tertiary/aromatic N) is 1. The zero-order valence-corrected chi connectivity index (χ0v) is 15.2. The number of benzene rings is 1. The molecule has 1 saturated heterocycles. The van der Waals surface area contributed by atoms with Crippen molar-refractivity contribution < 1.29 is 19.0 Å². The highest BCUT2D eigenvalue weighted by Gasteiger charge is 2.24. The van der Waals surface area contributed by atoms with E-state index in [1.807, 2.05) is 23.1 Å². The maximum Gasteiger partial charge on any atom is 0.222 e. The standard InChI is InChI=1S/C19H29NO4/c1-14(2)8-19(21)20-7-5-6-16(12-20)24-13-15-9-17(22-3)11-18(10-15)23-4/h9-11,14,16H,5-8,12-13H2,1-4H3. The molecule has 2 rings (SSSR count). The van der Waals surface area contributed by atoms with Crippen molar-refractivity contribution in [3.63, 3.8) is 0 Å². The first-order chi connectivity index (χ1) is 11.5. The Labute approximate surface area is 144 Å². The van der Waals surface area contributed by atoms with E-state index in [0.717, 1.165) is 36.4 Å². The largest absolute Gasteiger partial charge is 0.497 e. The molecule has 1 amide bonds. The van der Waals surface area contributed by atoms with Crippen LogP contribution in [-0.2, 0) is 16.1 Å². The molecular weight excluding hydrogens is 306 g/mol. The van der Waals surface area contributed by atoms with Gasteiger partial charge in [-0.2, -0.15) is 0 Å². The van der Waals surface area contributed by atoms with E-state index in [-0.39, 0.29) is 12.0 Å². The molecule has 0 aliphatic carbocycles. The Morgan fingerprint density at radius 2 is 1.88 bits per heavy atom. The van der Waals surface area contributed by atoms with E-state index in [2.05, 4.69) is 13.8 Å². The number of carbonyl (C=O) groups excluding carboxylic acids is 1. The van der Waals surface area contributed by atoms with Crippen LogP contribution in [0.25, 0.3) is 0 Å². The smallest absolute Gasteiger partial charge is 0.222 e. The van der Waals surface area contributed by atoms with Gasteiger partial charge in [0.1, 0.15) is 11.5 Å². The van der Waals surface area contributed by atoms with Crippen LogP contribution in [0, 0.1) is 5.92 Å². The molecule has 0 radical (unpaired) electrons. The number of ether oxygens (including phenoxy) is 3. The van der Waals surface area contributed by atoms with Crippen LogP contribution in [0.3, 0.4) is 0 Å². The van der Waals surface area contributed by atoms with Gasteiger partial charge in [0.05, 0.1) is 26.9 Å². The molecular formula is C19H29NO4. The normalized spacial score (nSPS) is 17.9. The van der Waals surface area contributed by atoms with Crippen LogP contribution < -0.4 is 9.47 Å². The summed E-state index contributed by atoms with van der Waals surface area (Å²) in [7, 11) is 3.28. The van der Waals surface area contributed by atoms with Gasteiger partial charge in [0.25, 0.3) is 0 Å². The van der Waals surface area contributed by atoms with Gasteiger partial charge in [0, 0.05) is 25.6 Å². The number of piperidine rings is 1. The Kier molecular flexibility index (Phi) is 6.91. The van der Waals surface area contributed by atoms with Gasteiger partial charge in [-0.25, -0.2) is 0 Å². The molecule has 1 fully saturated rings. The van der Waals surface area contributed by atoms with Crippen molar-refractivity contribution in [1.29, 1.82) is 0 Å². The predicted octanol–water partition coefficient (Wildman–Crippen LogP) is 3.26. The van der Waals surface area contributed by atoms with E-state index in [4.69, 9.17) is 14.2 Å². The first-order valence-electron chi connectivity index (χ1n) is 8.63. The molecule has 0 spiro atoms. The molecule has 0 aromatic heterocycles. The summed E-state index contributed by atoms with van der Waals surface area (Å²) in [5.41, 5.74) is 1.01. The number of carbonyl (C=O) groups is 1. The Hall–Kier alpha value is -1.75. The fourth-order valence-electron chi connectivity index (χ4n) is 2.94. The second kappa shape index (κ2) is 8.92. The number of likely N-dealkylation sites (tertiary alicyclic amines) is 1. The van der Waals surface area contributed by atoms with Gasteiger partial charge < -0.3 is 19.1 Å². The third-order valence-corrected chi connectivity index (χ3v) is 4.21. The minimum Gasteiger partial charge on any atom is -0.497 e. The monoisotopic (exact) mass is 335 g/mol. The predicted molar refractivity (Wildman–Crippen MR) is 93.4 cm³/mol. The van der Waals surface area contributed by atoms with Crippen LogP contribution in [-0.4, -0.2) is 44.2 Å². The number of hydrogen-bond acceptors (Lipinski definition) is 4. The summed E-state index contributed by atoms with van der Waals surface area (Å²) < 4.78 is 16.6. The number of methoxy groups -OCH3 is 2. The summed E-state index contributed by atoms with van der Waals surface area (Å²) >= 11 is 0. The van der Waals surface area contributed by atoms with Gasteiger partial charge in [-0.05, 0) is 36.5 Å². The molecule has 134 valence electrons. The van der Waals surface area contributed by atoms with Gasteiger partial charge in [0.15, 0.2) is 0 Å². The molecule has 1 aliphatic rings. The zero-order chi connectivity index (χ0) is 17.5. The minimum atomic E-state index is 0.0899. The number of hydrogen-bond donors (Lipinski definition) is 0. The topological polar surface area (TPSA) is 48.0 Å². The lowest BCUT2D eigenvalue weighted by Gasteiger charge is -2.33. The van der Waals surface area contributed by atoms with E-state index in [1.54, 1.807) is 14.2 Å². The molecule has 1 unspecified atom stereocenters. The molecule has 24 heavy (non-hydrogen) atoms. The average Bonchev–Trinajstić information content (AvgIpc) is 2.59. The molecule has 0 bridgehead atoms. The third kappa shape index (κ3) is 5.41. The lowest BCUT2D eigenvalue weighted by atomic mass is 10.1. The molecule has 5 heteroatoms. The SMILES string of the molecule is COc1cc(COC2CCCN(C(=O)CC(C)C)C2)cc(OC)c1. The van der Waals surface area contributed by atoms with E-state index < -0.39 is 0 Å². The molecule has 1 aromatic carbocycles. The van der Waals surface area contributed by atoms with E-state index >= 15 is 0 Å². The van der Waals surface area contributed by atoms with Gasteiger partial charge >= 0.3 is 0 Å². The van der Waals surface area contributed by atoms with Crippen molar-refractivity contribution in [2.45, 2.75) is 45.8 Å². The summed E-state index contributed by atoms with van der Waals surface area (Å²) in [5, 5.41) is 0. The Morgan fingerprint density at radius 1 is 1.21 bits per heavy atom. The van der Waals surface area contributed by atoms with Crippen LogP contribution in [0.1, 0.15) is 38.7 Å². The molecule has 1 aliphatic heterocycles. The number of rotatable bonds is 7. The lowest BCUT2D eigenvalue weighted by molar-refractivity contribution is -0.136. The third-order valence-electron chi connectivity index (χ3n) is 4.21. The van der Waals surface area contributed by atoms with E-state index in [0.29, 0.717) is 25.5 Å². The highest BCUT2D eigenvalue weighted by Crippen LogP contribution is 2.24. The molecule has 5 nitrogen and oxygen atoms in total. The van der Waals surface area contributed by atoms with Gasteiger partial charge in [-0.15, -0.1) is 0 Å². The van der Waals surface area contributed by atoms with Crippen LogP contribution >= 0.6 is 0 Å².